The van der Waals surface area contributed by atoms with Crippen molar-refractivity contribution in [3.8, 4) is 0 Å². The van der Waals surface area contributed by atoms with E-state index in [1.54, 1.807) is 0 Å². The standard InChI is InChI=1S/C32H66O2/c1-3-5-7-9-11-13-15-17-18-19-21-23-25-27-29-31-32(33,34)30-28-26-24-22-20-16-14-12-10-8-6-4-2/h33-34H,3-31H2,1-2H3. The van der Waals surface area contributed by atoms with Crippen molar-refractivity contribution in [2.45, 2.75) is 206 Å². The van der Waals surface area contributed by atoms with Crippen LogP contribution in [0.3, 0.4) is 0 Å². The van der Waals surface area contributed by atoms with E-state index >= 15 is 0 Å². The predicted molar refractivity (Wildman–Crippen MR) is 152 cm³/mol. The van der Waals surface area contributed by atoms with Crippen LogP contribution in [0.4, 0.5) is 0 Å². The second kappa shape index (κ2) is 27.5. The van der Waals surface area contributed by atoms with Crippen LogP contribution in [-0.4, -0.2) is 16.0 Å². The Balaban J connectivity index is 3.27. The van der Waals surface area contributed by atoms with Crippen LogP contribution in [0.1, 0.15) is 200 Å². The molecule has 0 aliphatic rings. The Morgan fingerprint density at radius 1 is 0.294 bits per heavy atom. The minimum atomic E-state index is -1.42. The van der Waals surface area contributed by atoms with E-state index in [1.807, 2.05) is 0 Å². The second-order valence-electron chi connectivity index (χ2n) is 11.3. The van der Waals surface area contributed by atoms with Gasteiger partial charge in [0.1, 0.15) is 0 Å². The monoisotopic (exact) mass is 483 g/mol. The topological polar surface area (TPSA) is 40.5 Å². The van der Waals surface area contributed by atoms with E-state index in [0.717, 1.165) is 25.7 Å². The fourth-order valence-corrected chi connectivity index (χ4v) is 5.15. The quantitative estimate of drug-likeness (QED) is 0.0821. The SMILES string of the molecule is CCCCCCCCCCCCCCCCCC(O)(O)CCCCCCCCCCCCCC. The highest BCUT2D eigenvalue weighted by atomic mass is 16.5. The van der Waals surface area contributed by atoms with Gasteiger partial charge in [0.05, 0.1) is 0 Å². The molecule has 0 spiro atoms. The highest BCUT2D eigenvalue weighted by Gasteiger charge is 2.21. The molecule has 206 valence electrons. The Hall–Kier alpha value is -0.0800. The average Bonchev–Trinajstić information content (AvgIpc) is 2.82. The molecule has 0 aliphatic heterocycles. The summed E-state index contributed by atoms with van der Waals surface area (Å²) in [5.41, 5.74) is 0. The van der Waals surface area contributed by atoms with Crippen molar-refractivity contribution in [1.82, 2.24) is 0 Å². The van der Waals surface area contributed by atoms with Crippen molar-refractivity contribution < 1.29 is 10.2 Å². The van der Waals surface area contributed by atoms with Crippen molar-refractivity contribution in [1.29, 1.82) is 0 Å². The number of hydrogen-bond donors (Lipinski definition) is 2. The predicted octanol–water partition coefficient (Wildman–Crippen LogP) is 11.0. The lowest BCUT2D eigenvalue weighted by atomic mass is 9.99. The van der Waals surface area contributed by atoms with Crippen LogP contribution < -0.4 is 0 Å². The Bertz CT molecular complexity index is 366. The first-order chi connectivity index (χ1) is 16.6. The summed E-state index contributed by atoms with van der Waals surface area (Å²) in [4.78, 5) is 0. The molecule has 0 fully saturated rings. The Labute approximate surface area is 216 Å². The van der Waals surface area contributed by atoms with Gasteiger partial charge in [0, 0.05) is 12.8 Å². The third-order valence-corrected chi connectivity index (χ3v) is 7.61. The maximum absolute atomic E-state index is 10.2. The van der Waals surface area contributed by atoms with Crippen LogP contribution >= 0.6 is 0 Å². The lowest BCUT2D eigenvalue weighted by Crippen LogP contribution is -2.27. The molecule has 0 radical (unpaired) electrons. The van der Waals surface area contributed by atoms with Crippen LogP contribution in [0, 0.1) is 0 Å². The van der Waals surface area contributed by atoms with Crippen LogP contribution in [0.2, 0.25) is 0 Å². The molecule has 0 aromatic carbocycles. The molecule has 34 heavy (non-hydrogen) atoms. The Kier molecular flexibility index (Phi) is 27.4. The van der Waals surface area contributed by atoms with Crippen LogP contribution in [0.25, 0.3) is 0 Å². The fraction of sp³-hybridized carbons (Fsp3) is 1.00. The third-order valence-electron chi connectivity index (χ3n) is 7.61. The minimum Gasteiger partial charge on any atom is -0.366 e. The molecule has 0 aliphatic carbocycles. The zero-order valence-electron chi connectivity index (χ0n) is 23.9. The van der Waals surface area contributed by atoms with Crippen molar-refractivity contribution in [2.75, 3.05) is 0 Å². The van der Waals surface area contributed by atoms with Gasteiger partial charge in [-0.1, -0.05) is 174 Å². The van der Waals surface area contributed by atoms with E-state index in [-0.39, 0.29) is 0 Å². The lowest BCUT2D eigenvalue weighted by Gasteiger charge is -2.21. The molecule has 0 heterocycles. The summed E-state index contributed by atoms with van der Waals surface area (Å²) in [6.45, 7) is 4.56. The van der Waals surface area contributed by atoms with Gasteiger partial charge < -0.3 is 10.2 Å². The molecule has 2 nitrogen and oxygen atoms in total. The summed E-state index contributed by atoms with van der Waals surface area (Å²) in [5.74, 6) is -1.42. The van der Waals surface area contributed by atoms with Crippen molar-refractivity contribution in [3.63, 3.8) is 0 Å². The lowest BCUT2D eigenvalue weighted by molar-refractivity contribution is -0.172. The van der Waals surface area contributed by atoms with Gasteiger partial charge in [0.25, 0.3) is 0 Å². The molecule has 0 saturated heterocycles. The highest BCUT2D eigenvalue weighted by Crippen LogP contribution is 2.21. The molecule has 0 aromatic rings. The van der Waals surface area contributed by atoms with E-state index in [2.05, 4.69) is 13.8 Å². The number of hydrogen-bond acceptors (Lipinski definition) is 2. The van der Waals surface area contributed by atoms with E-state index < -0.39 is 5.79 Å². The molecule has 2 N–H and O–H groups in total. The summed E-state index contributed by atoms with van der Waals surface area (Å²) >= 11 is 0. The van der Waals surface area contributed by atoms with Gasteiger partial charge in [-0.15, -0.1) is 0 Å². The van der Waals surface area contributed by atoms with Gasteiger partial charge in [-0.05, 0) is 12.8 Å². The van der Waals surface area contributed by atoms with E-state index in [4.69, 9.17) is 0 Å². The van der Waals surface area contributed by atoms with Gasteiger partial charge in [-0.25, -0.2) is 0 Å². The van der Waals surface area contributed by atoms with Gasteiger partial charge in [0.2, 0.25) is 0 Å². The zero-order chi connectivity index (χ0) is 25.0. The Morgan fingerprint density at radius 2 is 0.471 bits per heavy atom. The summed E-state index contributed by atoms with van der Waals surface area (Å²) < 4.78 is 0. The summed E-state index contributed by atoms with van der Waals surface area (Å²) in [5, 5.41) is 20.5. The maximum Gasteiger partial charge on any atom is 0.162 e. The summed E-state index contributed by atoms with van der Waals surface area (Å²) in [6.07, 6.45) is 37.1. The van der Waals surface area contributed by atoms with Crippen molar-refractivity contribution >= 4 is 0 Å². The molecule has 0 aromatic heterocycles. The zero-order valence-corrected chi connectivity index (χ0v) is 23.9. The number of unbranched alkanes of at least 4 members (excludes halogenated alkanes) is 25. The largest absolute Gasteiger partial charge is 0.366 e. The number of rotatable bonds is 29. The van der Waals surface area contributed by atoms with Crippen LogP contribution in [0.5, 0.6) is 0 Å². The fourth-order valence-electron chi connectivity index (χ4n) is 5.15. The molecular weight excluding hydrogens is 416 g/mol. The van der Waals surface area contributed by atoms with Gasteiger partial charge in [-0.2, -0.15) is 0 Å². The van der Waals surface area contributed by atoms with E-state index in [9.17, 15) is 10.2 Å². The summed E-state index contributed by atoms with van der Waals surface area (Å²) in [7, 11) is 0. The van der Waals surface area contributed by atoms with E-state index in [0.29, 0.717) is 12.8 Å². The molecule has 0 amide bonds. The smallest absolute Gasteiger partial charge is 0.162 e. The average molecular weight is 483 g/mol. The van der Waals surface area contributed by atoms with Crippen LogP contribution in [0.15, 0.2) is 0 Å². The Morgan fingerprint density at radius 3 is 0.676 bits per heavy atom. The first-order valence-corrected chi connectivity index (χ1v) is 16.1. The molecule has 0 bridgehead atoms. The van der Waals surface area contributed by atoms with Gasteiger partial charge in [0.15, 0.2) is 5.79 Å². The molecule has 0 atom stereocenters. The van der Waals surface area contributed by atoms with Gasteiger partial charge in [-0.3, -0.25) is 0 Å². The highest BCUT2D eigenvalue weighted by molar-refractivity contribution is 4.65. The third kappa shape index (κ3) is 28.2. The normalized spacial score (nSPS) is 12.0. The molecule has 0 rings (SSSR count). The van der Waals surface area contributed by atoms with Crippen molar-refractivity contribution in [2.24, 2.45) is 0 Å². The number of aliphatic hydroxyl groups is 2. The minimum absolute atomic E-state index is 0.559. The second-order valence-corrected chi connectivity index (χ2v) is 11.3. The molecular formula is C32H66O2. The molecule has 0 unspecified atom stereocenters. The van der Waals surface area contributed by atoms with Crippen molar-refractivity contribution in [3.05, 3.63) is 0 Å². The van der Waals surface area contributed by atoms with Gasteiger partial charge >= 0.3 is 0 Å². The maximum atomic E-state index is 10.2. The molecule has 0 saturated carbocycles. The van der Waals surface area contributed by atoms with Crippen LogP contribution in [-0.2, 0) is 0 Å². The first kappa shape index (κ1) is 33.9. The molecule has 2 heteroatoms. The van der Waals surface area contributed by atoms with E-state index in [1.165, 1.54) is 148 Å². The first-order valence-electron chi connectivity index (χ1n) is 16.1. The summed E-state index contributed by atoms with van der Waals surface area (Å²) in [6, 6.07) is 0.